The minimum atomic E-state index is -3.77. The van der Waals surface area contributed by atoms with Crippen LogP contribution >= 0.6 is 23.2 Å². The number of likely N-dealkylation sites (N-methyl/N-ethyl adjacent to an activating group) is 1. The first kappa shape index (κ1) is 19.5. The molecule has 1 aromatic carbocycles. The van der Waals surface area contributed by atoms with Gasteiger partial charge in [0.05, 0.1) is 16.6 Å². The Morgan fingerprint density at radius 1 is 1.12 bits per heavy atom. The van der Waals surface area contributed by atoms with Gasteiger partial charge in [-0.15, -0.1) is 0 Å². The molecule has 1 saturated heterocycles. The molecule has 0 unspecified atom stereocenters. The van der Waals surface area contributed by atoms with Gasteiger partial charge in [-0.05, 0) is 25.1 Å². The van der Waals surface area contributed by atoms with Crippen molar-refractivity contribution in [2.24, 2.45) is 0 Å². The second kappa shape index (κ2) is 8.01. The molecule has 0 N–H and O–H groups in total. The molecule has 134 valence electrons. The van der Waals surface area contributed by atoms with Gasteiger partial charge in [0, 0.05) is 33.7 Å². The highest BCUT2D eigenvalue weighted by Gasteiger charge is 2.31. The van der Waals surface area contributed by atoms with Crippen molar-refractivity contribution >= 4 is 39.1 Å². The molecule has 1 fully saturated rings. The zero-order valence-corrected chi connectivity index (χ0v) is 16.0. The zero-order valence-electron chi connectivity index (χ0n) is 13.7. The molecule has 0 saturated carbocycles. The SMILES string of the molecule is CN(C)C(=O)CN1CCCN(S(=O)(=O)c2c(Cl)cccc2Cl)CC1. The fourth-order valence-corrected chi connectivity index (χ4v) is 5.10. The molecule has 0 aromatic heterocycles. The molecular formula is C15H21Cl2N3O3S. The third-order valence-corrected chi connectivity index (χ3v) is 6.78. The molecule has 24 heavy (non-hydrogen) atoms. The summed E-state index contributed by atoms with van der Waals surface area (Å²) in [6, 6.07) is 4.64. The molecule has 1 heterocycles. The summed E-state index contributed by atoms with van der Waals surface area (Å²) in [6.07, 6.45) is 0.641. The second-order valence-electron chi connectivity index (χ2n) is 5.87. The average Bonchev–Trinajstić information content (AvgIpc) is 2.72. The maximum absolute atomic E-state index is 12.9. The summed E-state index contributed by atoms with van der Waals surface area (Å²) in [7, 11) is -0.358. The van der Waals surface area contributed by atoms with E-state index in [0.29, 0.717) is 32.6 Å². The number of benzene rings is 1. The van der Waals surface area contributed by atoms with Crippen LogP contribution in [-0.4, -0.2) is 75.2 Å². The number of rotatable bonds is 4. The van der Waals surface area contributed by atoms with Crippen molar-refractivity contribution in [1.82, 2.24) is 14.1 Å². The lowest BCUT2D eigenvalue weighted by Gasteiger charge is -2.23. The number of hydrogen-bond acceptors (Lipinski definition) is 4. The van der Waals surface area contributed by atoms with Gasteiger partial charge in [-0.25, -0.2) is 8.42 Å². The third kappa shape index (κ3) is 4.40. The largest absolute Gasteiger partial charge is 0.348 e. The van der Waals surface area contributed by atoms with E-state index in [1.165, 1.54) is 21.3 Å². The van der Waals surface area contributed by atoms with Crippen molar-refractivity contribution in [3.63, 3.8) is 0 Å². The van der Waals surface area contributed by atoms with Crippen LogP contribution < -0.4 is 0 Å². The van der Waals surface area contributed by atoms with Crippen LogP contribution in [0.4, 0.5) is 0 Å². The fourth-order valence-electron chi connectivity index (χ4n) is 2.54. The molecule has 1 amide bonds. The van der Waals surface area contributed by atoms with Crippen LogP contribution in [0.15, 0.2) is 23.1 Å². The zero-order chi connectivity index (χ0) is 17.9. The summed E-state index contributed by atoms with van der Waals surface area (Å²) in [5.74, 6) is 0.000422. The molecule has 0 atom stereocenters. The van der Waals surface area contributed by atoms with Gasteiger partial charge in [0.15, 0.2) is 0 Å². The molecule has 1 aliphatic rings. The number of sulfonamides is 1. The third-order valence-electron chi connectivity index (χ3n) is 3.92. The maximum atomic E-state index is 12.9. The Morgan fingerprint density at radius 3 is 2.33 bits per heavy atom. The molecule has 9 heteroatoms. The van der Waals surface area contributed by atoms with Crippen LogP contribution in [-0.2, 0) is 14.8 Å². The Bertz CT molecular complexity index is 690. The predicted octanol–water partition coefficient (Wildman–Crippen LogP) is 1.78. The van der Waals surface area contributed by atoms with Gasteiger partial charge in [-0.3, -0.25) is 9.69 Å². The van der Waals surface area contributed by atoms with Gasteiger partial charge in [-0.2, -0.15) is 4.31 Å². The summed E-state index contributed by atoms with van der Waals surface area (Å²) < 4.78 is 27.2. The summed E-state index contributed by atoms with van der Waals surface area (Å²) in [5, 5.41) is 0.234. The van der Waals surface area contributed by atoms with Gasteiger partial charge in [0.1, 0.15) is 4.90 Å². The van der Waals surface area contributed by atoms with Crippen molar-refractivity contribution in [3.05, 3.63) is 28.2 Å². The Hall–Kier alpha value is -0.860. The lowest BCUT2D eigenvalue weighted by atomic mass is 10.4. The van der Waals surface area contributed by atoms with Crippen molar-refractivity contribution in [2.75, 3.05) is 46.8 Å². The smallest absolute Gasteiger partial charge is 0.246 e. The van der Waals surface area contributed by atoms with E-state index in [0.717, 1.165) is 0 Å². The van der Waals surface area contributed by atoms with E-state index in [4.69, 9.17) is 23.2 Å². The first-order valence-electron chi connectivity index (χ1n) is 7.60. The van der Waals surface area contributed by atoms with Crippen molar-refractivity contribution < 1.29 is 13.2 Å². The van der Waals surface area contributed by atoms with Gasteiger partial charge in [-0.1, -0.05) is 29.3 Å². The number of halogens is 2. The topological polar surface area (TPSA) is 60.9 Å². The number of hydrogen-bond donors (Lipinski definition) is 0. The van der Waals surface area contributed by atoms with Crippen LogP contribution in [0.5, 0.6) is 0 Å². The summed E-state index contributed by atoms with van der Waals surface area (Å²) in [6.45, 7) is 2.11. The van der Waals surface area contributed by atoms with E-state index in [9.17, 15) is 13.2 Å². The molecule has 2 rings (SSSR count). The quantitative estimate of drug-likeness (QED) is 0.781. The molecule has 1 aliphatic heterocycles. The second-order valence-corrected chi connectivity index (χ2v) is 8.56. The molecule has 0 bridgehead atoms. The van der Waals surface area contributed by atoms with E-state index in [1.54, 1.807) is 20.2 Å². The highest BCUT2D eigenvalue weighted by Crippen LogP contribution is 2.31. The molecule has 0 aliphatic carbocycles. The average molecular weight is 394 g/mol. The standard InChI is InChI=1S/C15H21Cl2N3O3S/c1-18(2)14(21)11-19-7-4-8-20(10-9-19)24(22,23)15-12(16)5-3-6-13(15)17/h3,5-6H,4,7-11H2,1-2H3. The number of nitrogens with zero attached hydrogens (tertiary/aromatic N) is 3. The van der Waals surface area contributed by atoms with Gasteiger partial charge >= 0.3 is 0 Å². The Morgan fingerprint density at radius 2 is 1.75 bits per heavy atom. The van der Waals surface area contributed by atoms with E-state index in [-0.39, 0.29) is 27.4 Å². The number of carbonyl (C=O) groups is 1. The van der Waals surface area contributed by atoms with Crippen LogP contribution in [0, 0.1) is 0 Å². The van der Waals surface area contributed by atoms with Crippen LogP contribution in [0.1, 0.15) is 6.42 Å². The Kier molecular flexibility index (Phi) is 6.50. The minimum absolute atomic E-state index is 0.000422. The Balaban J connectivity index is 2.14. The van der Waals surface area contributed by atoms with Gasteiger partial charge in [0.25, 0.3) is 0 Å². The number of carbonyl (C=O) groups excluding carboxylic acids is 1. The summed E-state index contributed by atoms with van der Waals surface area (Å²) in [5.41, 5.74) is 0. The Labute approximate surface area is 153 Å². The molecular weight excluding hydrogens is 373 g/mol. The first-order valence-corrected chi connectivity index (χ1v) is 9.79. The molecule has 0 spiro atoms. The van der Waals surface area contributed by atoms with E-state index in [2.05, 4.69) is 0 Å². The molecule has 0 radical (unpaired) electrons. The highest BCUT2D eigenvalue weighted by atomic mass is 35.5. The fraction of sp³-hybridized carbons (Fsp3) is 0.533. The van der Waals surface area contributed by atoms with E-state index >= 15 is 0 Å². The maximum Gasteiger partial charge on any atom is 0.246 e. The van der Waals surface area contributed by atoms with Crippen molar-refractivity contribution in [3.8, 4) is 0 Å². The molecule has 6 nitrogen and oxygen atoms in total. The molecule has 1 aromatic rings. The van der Waals surface area contributed by atoms with E-state index < -0.39 is 10.0 Å². The van der Waals surface area contributed by atoms with Gasteiger partial charge < -0.3 is 4.90 Å². The minimum Gasteiger partial charge on any atom is -0.348 e. The van der Waals surface area contributed by atoms with Crippen molar-refractivity contribution in [1.29, 1.82) is 0 Å². The predicted molar refractivity (Wildman–Crippen MR) is 95.0 cm³/mol. The van der Waals surface area contributed by atoms with E-state index in [1.807, 2.05) is 4.90 Å². The van der Waals surface area contributed by atoms with Crippen molar-refractivity contribution in [2.45, 2.75) is 11.3 Å². The first-order chi connectivity index (χ1) is 11.2. The normalized spacial score (nSPS) is 17.5. The van der Waals surface area contributed by atoms with Crippen LogP contribution in [0.25, 0.3) is 0 Å². The lowest BCUT2D eigenvalue weighted by Crippen LogP contribution is -2.39. The lowest BCUT2D eigenvalue weighted by molar-refractivity contribution is -0.129. The monoisotopic (exact) mass is 393 g/mol. The summed E-state index contributed by atoms with van der Waals surface area (Å²) in [4.78, 5) is 15.3. The summed E-state index contributed by atoms with van der Waals surface area (Å²) >= 11 is 12.1. The van der Waals surface area contributed by atoms with Crippen LogP contribution in [0.3, 0.4) is 0 Å². The highest BCUT2D eigenvalue weighted by molar-refractivity contribution is 7.89. The number of amides is 1. The van der Waals surface area contributed by atoms with Gasteiger partial charge in [0.2, 0.25) is 15.9 Å². The van der Waals surface area contributed by atoms with Crippen LogP contribution in [0.2, 0.25) is 10.0 Å².